The molecular formula is C16H16Br2N2Ni. The van der Waals surface area contributed by atoms with E-state index in [-0.39, 0.29) is 0 Å². The average Bonchev–Trinajstić information content (AvgIpc) is 2.50. The van der Waals surface area contributed by atoms with Crippen LogP contribution in [-0.4, -0.2) is 11.4 Å². The molecule has 2 nitrogen and oxygen atoms in total. The van der Waals surface area contributed by atoms with Gasteiger partial charge in [0.05, 0.1) is 22.8 Å². The van der Waals surface area contributed by atoms with E-state index in [0.717, 1.165) is 22.8 Å². The first-order valence-electron chi connectivity index (χ1n) is 6.20. The number of hydrogen-bond donors (Lipinski definition) is 0. The van der Waals surface area contributed by atoms with E-state index < -0.39 is 0 Å². The average molecular weight is 455 g/mol. The summed E-state index contributed by atoms with van der Waals surface area (Å²) >= 11 is 6.00. The monoisotopic (exact) mass is 452 g/mol. The fraction of sp³-hybridized carbons (Fsp3) is 0.125. The number of nitrogens with zero attached hydrogens (tertiary/aromatic N) is 2. The fourth-order valence-electron chi connectivity index (χ4n) is 1.55. The van der Waals surface area contributed by atoms with Gasteiger partial charge < -0.3 is 0 Å². The van der Waals surface area contributed by atoms with Crippen molar-refractivity contribution >= 4 is 51.2 Å². The molecule has 0 unspecified atom stereocenters. The summed E-state index contributed by atoms with van der Waals surface area (Å²) in [5.74, 6) is 0. The zero-order chi connectivity index (χ0) is 15.5. The molecule has 0 fully saturated rings. The molecule has 5 heteroatoms. The molecule has 2 aromatic carbocycles. The Morgan fingerprint density at radius 3 is 1.29 bits per heavy atom. The van der Waals surface area contributed by atoms with Crippen molar-refractivity contribution in [1.82, 2.24) is 0 Å². The van der Waals surface area contributed by atoms with Crippen LogP contribution in [0.2, 0.25) is 0 Å². The molecule has 0 aliphatic heterocycles. The summed E-state index contributed by atoms with van der Waals surface area (Å²) in [6.45, 7) is 3.96. The summed E-state index contributed by atoms with van der Waals surface area (Å²) < 4.78 is 0. The van der Waals surface area contributed by atoms with Crippen molar-refractivity contribution in [3.8, 4) is 0 Å². The van der Waals surface area contributed by atoms with Crippen molar-refractivity contribution in [3.63, 3.8) is 0 Å². The van der Waals surface area contributed by atoms with Gasteiger partial charge in [0, 0.05) is 0 Å². The molecule has 0 atom stereocenters. The number of hydrogen-bond acceptors (Lipinski definition) is 2. The zero-order valence-corrected chi connectivity index (χ0v) is 15.9. The van der Waals surface area contributed by atoms with Crippen LogP contribution in [0.4, 0.5) is 11.4 Å². The van der Waals surface area contributed by atoms with Crippen LogP contribution in [-0.2, 0) is 10.9 Å². The van der Waals surface area contributed by atoms with Gasteiger partial charge in [-0.1, -0.05) is 36.4 Å². The maximum atomic E-state index is 4.54. The Morgan fingerprint density at radius 1 is 0.714 bits per heavy atom. The Balaban J connectivity index is 0.000000677. The van der Waals surface area contributed by atoms with Crippen molar-refractivity contribution in [2.45, 2.75) is 13.8 Å². The summed E-state index contributed by atoms with van der Waals surface area (Å²) in [5, 5.41) is 0. The normalized spacial score (nSPS) is 11.8. The molecule has 0 spiro atoms. The van der Waals surface area contributed by atoms with E-state index in [0.29, 0.717) is 0 Å². The van der Waals surface area contributed by atoms with Gasteiger partial charge in [-0.15, -0.1) is 0 Å². The van der Waals surface area contributed by atoms with Crippen molar-refractivity contribution < 1.29 is 10.9 Å². The first kappa shape index (κ1) is 18.3. The molecule has 2 rings (SSSR count). The van der Waals surface area contributed by atoms with Crippen LogP contribution in [0.3, 0.4) is 0 Å². The molecule has 0 saturated carbocycles. The standard InChI is InChI=1S/C16H16N2.2BrH.Ni/c1-13(17-15-9-5-3-6-10-15)14(2)18-16-11-7-4-8-12-16;;;/h3-12H,1-2H3;2*1H;/q;;;+2/p-2. The van der Waals surface area contributed by atoms with Crippen LogP contribution in [0.1, 0.15) is 13.8 Å². The molecule has 0 radical (unpaired) electrons. The van der Waals surface area contributed by atoms with Gasteiger partial charge in [0.25, 0.3) is 0 Å². The molecular weight excluding hydrogens is 439 g/mol. The quantitative estimate of drug-likeness (QED) is 0.386. The van der Waals surface area contributed by atoms with Crippen LogP contribution < -0.4 is 0 Å². The minimum absolute atomic E-state index is 0.935. The topological polar surface area (TPSA) is 24.7 Å². The molecule has 0 aromatic heterocycles. The van der Waals surface area contributed by atoms with Gasteiger partial charge in [-0.05, 0) is 38.1 Å². The number of benzene rings is 2. The molecule has 0 N–H and O–H groups in total. The summed E-state index contributed by atoms with van der Waals surface area (Å²) in [4.78, 5) is 9.08. The third kappa shape index (κ3) is 7.70. The summed E-state index contributed by atoms with van der Waals surface area (Å²) in [6, 6.07) is 19.8. The van der Waals surface area contributed by atoms with Gasteiger partial charge in [-0.3, -0.25) is 9.98 Å². The van der Waals surface area contributed by atoms with E-state index in [1.165, 1.54) is 10.9 Å². The molecule has 0 bridgehead atoms. The first-order chi connectivity index (χ1) is 10.2. The van der Waals surface area contributed by atoms with Crippen LogP contribution in [0.15, 0.2) is 70.6 Å². The minimum atomic E-state index is 0.935. The van der Waals surface area contributed by atoms with Crippen LogP contribution in [0, 0.1) is 0 Å². The fourth-order valence-corrected chi connectivity index (χ4v) is 1.55. The van der Waals surface area contributed by atoms with E-state index in [4.69, 9.17) is 0 Å². The van der Waals surface area contributed by atoms with Gasteiger partial charge in [0.15, 0.2) is 0 Å². The Hall–Kier alpha value is -0.766. The van der Waals surface area contributed by atoms with E-state index in [1.54, 1.807) is 0 Å². The SMILES string of the molecule is CC(=Nc1ccccc1)C(C)=Nc1ccccc1.[Br][Ni][Br]. The van der Waals surface area contributed by atoms with Gasteiger partial charge in [0.2, 0.25) is 0 Å². The van der Waals surface area contributed by atoms with Crippen LogP contribution in [0.5, 0.6) is 0 Å². The Morgan fingerprint density at radius 2 is 1.00 bits per heavy atom. The molecule has 2 aromatic rings. The third-order valence-corrected chi connectivity index (χ3v) is 2.63. The van der Waals surface area contributed by atoms with E-state index in [9.17, 15) is 0 Å². The molecule has 0 amide bonds. The predicted molar refractivity (Wildman–Crippen MR) is 96.3 cm³/mol. The summed E-state index contributed by atoms with van der Waals surface area (Å²) in [5.41, 5.74) is 3.78. The molecule has 0 saturated heterocycles. The van der Waals surface area contributed by atoms with Crippen molar-refractivity contribution in [3.05, 3.63) is 60.7 Å². The number of rotatable bonds is 3. The molecule has 0 aliphatic carbocycles. The van der Waals surface area contributed by atoms with Crippen molar-refractivity contribution in [2.24, 2.45) is 9.98 Å². The van der Waals surface area contributed by atoms with Gasteiger partial charge in [-0.2, -0.15) is 0 Å². The summed E-state index contributed by atoms with van der Waals surface area (Å²) in [7, 11) is 1.25. The van der Waals surface area contributed by atoms with Gasteiger partial charge in [0.1, 0.15) is 0 Å². The predicted octanol–water partition coefficient (Wildman–Crippen LogP) is 6.26. The number of halogens is 2. The Bertz CT molecular complexity index is 530. The zero-order valence-electron chi connectivity index (χ0n) is 11.7. The van der Waals surface area contributed by atoms with Crippen LogP contribution in [0.25, 0.3) is 0 Å². The van der Waals surface area contributed by atoms with Crippen molar-refractivity contribution in [1.29, 1.82) is 0 Å². The Labute approximate surface area is 146 Å². The maximum absolute atomic E-state index is 4.54. The van der Waals surface area contributed by atoms with Crippen LogP contribution >= 0.6 is 28.5 Å². The number of para-hydroxylation sites is 2. The van der Waals surface area contributed by atoms with Gasteiger partial charge in [-0.25, -0.2) is 0 Å². The second kappa shape index (κ2) is 10.9. The van der Waals surface area contributed by atoms with Crippen molar-refractivity contribution in [2.75, 3.05) is 0 Å². The number of aliphatic imine (C=N–C) groups is 2. The van der Waals surface area contributed by atoms with E-state index in [1.807, 2.05) is 74.5 Å². The molecule has 114 valence electrons. The van der Waals surface area contributed by atoms with Gasteiger partial charge >= 0.3 is 39.3 Å². The summed E-state index contributed by atoms with van der Waals surface area (Å²) in [6.07, 6.45) is 0. The second-order valence-electron chi connectivity index (χ2n) is 4.11. The van der Waals surface area contributed by atoms with E-state index >= 15 is 0 Å². The Kier molecular flexibility index (Phi) is 9.48. The molecule has 21 heavy (non-hydrogen) atoms. The second-order valence-corrected chi connectivity index (χ2v) is 9.09. The first-order valence-corrected chi connectivity index (χ1v) is 11.1. The van der Waals surface area contributed by atoms with E-state index in [2.05, 4.69) is 38.4 Å². The molecule has 0 aliphatic rings. The molecule has 0 heterocycles. The third-order valence-electron chi connectivity index (χ3n) is 2.63.